The number of benzene rings is 2. The molecule has 43 heavy (non-hydrogen) atoms. The summed E-state index contributed by atoms with van der Waals surface area (Å²) in [6.45, 7) is 2.61. The number of nitrogens with zero attached hydrogens (tertiary/aromatic N) is 4. The Labute approximate surface area is 244 Å². The highest BCUT2D eigenvalue weighted by molar-refractivity contribution is 7.87. The van der Waals surface area contributed by atoms with E-state index in [-0.39, 0.29) is 17.0 Å². The fourth-order valence-electron chi connectivity index (χ4n) is 4.22. The Balaban J connectivity index is 1.78. The molecule has 5 N–H and O–H groups in total. The number of rotatable bonds is 7. The SMILES string of the molecule is CC1=NN(c2cc(S(=O)(=O)O)ccc2S(=O)(=O)O)C(=O)C1=CC1C(C)=NN(c2cc(S(=O)(=O)O)ccc2S(=O)(=O)O)C1O. The van der Waals surface area contributed by atoms with Crippen molar-refractivity contribution < 1.29 is 61.8 Å². The van der Waals surface area contributed by atoms with Gasteiger partial charge in [0.25, 0.3) is 46.4 Å². The molecule has 0 saturated heterocycles. The minimum atomic E-state index is -5.05. The van der Waals surface area contributed by atoms with Gasteiger partial charge in [0.05, 0.1) is 38.4 Å². The molecule has 2 unspecified atom stereocenters. The molecule has 2 aromatic rings. The van der Waals surface area contributed by atoms with Crippen LogP contribution in [-0.2, 0) is 45.3 Å². The van der Waals surface area contributed by atoms with Crippen LogP contribution in [0.25, 0.3) is 0 Å². The Bertz CT molecular complexity index is 2100. The number of carbonyl (C=O) groups is 1. The van der Waals surface area contributed by atoms with Crippen molar-refractivity contribution in [2.24, 2.45) is 16.1 Å². The van der Waals surface area contributed by atoms with Crippen LogP contribution in [0.15, 0.2) is 77.8 Å². The first-order valence-corrected chi connectivity index (χ1v) is 17.1. The van der Waals surface area contributed by atoms with E-state index in [0.717, 1.165) is 6.08 Å². The molecule has 22 heteroatoms. The average Bonchev–Trinajstić information content (AvgIpc) is 3.30. The normalized spacial score (nSPS) is 21.0. The van der Waals surface area contributed by atoms with Gasteiger partial charge in [0.15, 0.2) is 6.23 Å². The van der Waals surface area contributed by atoms with Gasteiger partial charge in [-0.15, -0.1) is 0 Å². The van der Waals surface area contributed by atoms with Gasteiger partial charge in [0, 0.05) is 5.71 Å². The molecule has 0 bridgehead atoms. The number of aliphatic hydroxyl groups is 1. The molecule has 0 aromatic heterocycles. The largest absolute Gasteiger partial charge is 0.371 e. The lowest BCUT2D eigenvalue weighted by Crippen LogP contribution is -2.33. The molecule has 1 amide bonds. The molecule has 2 aliphatic rings. The van der Waals surface area contributed by atoms with Crippen LogP contribution >= 0.6 is 0 Å². The van der Waals surface area contributed by atoms with E-state index in [1.807, 2.05) is 0 Å². The molecule has 2 heterocycles. The van der Waals surface area contributed by atoms with Crippen molar-refractivity contribution in [1.29, 1.82) is 0 Å². The molecule has 0 radical (unpaired) electrons. The molecule has 4 rings (SSSR count). The Morgan fingerprint density at radius 2 is 1.19 bits per heavy atom. The van der Waals surface area contributed by atoms with E-state index >= 15 is 0 Å². The lowest BCUT2D eigenvalue weighted by Gasteiger charge is -2.24. The first kappa shape index (κ1) is 32.3. The van der Waals surface area contributed by atoms with Crippen molar-refractivity contribution in [3.05, 3.63) is 48.0 Å². The van der Waals surface area contributed by atoms with Crippen LogP contribution in [-0.4, -0.2) is 80.5 Å². The van der Waals surface area contributed by atoms with Crippen LogP contribution < -0.4 is 10.0 Å². The summed E-state index contributed by atoms with van der Waals surface area (Å²) in [4.78, 5) is 9.90. The summed E-state index contributed by atoms with van der Waals surface area (Å²) in [5.41, 5.74) is -1.78. The second-order valence-electron chi connectivity index (χ2n) is 9.07. The molecular formula is C21H20N4O14S4. The molecule has 232 valence electrons. The maximum absolute atomic E-state index is 13.4. The quantitative estimate of drug-likeness (QED) is 0.192. The Hall–Kier alpha value is -3.61. The van der Waals surface area contributed by atoms with E-state index in [1.165, 1.54) is 13.8 Å². The highest BCUT2D eigenvalue weighted by Gasteiger charge is 2.40. The molecule has 2 aromatic carbocycles. The third-order valence-corrected chi connectivity index (χ3v) is 9.72. The summed E-state index contributed by atoms with van der Waals surface area (Å²) >= 11 is 0. The number of anilines is 2. The van der Waals surface area contributed by atoms with Crippen molar-refractivity contribution >= 4 is 69.2 Å². The summed E-state index contributed by atoms with van der Waals surface area (Å²) in [5, 5.41) is 20.0. The number of hydrazone groups is 2. The highest BCUT2D eigenvalue weighted by atomic mass is 32.2. The van der Waals surface area contributed by atoms with E-state index in [2.05, 4.69) is 10.2 Å². The maximum atomic E-state index is 13.4. The Morgan fingerprint density at radius 3 is 1.65 bits per heavy atom. The Kier molecular flexibility index (Phi) is 7.91. The summed E-state index contributed by atoms with van der Waals surface area (Å²) in [5.74, 6) is -2.33. The van der Waals surface area contributed by atoms with Crippen LogP contribution in [0.2, 0.25) is 0 Å². The number of aliphatic hydroxyl groups excluding tert-OH is 1. The van der Waals surface area contributed by atoms with Crippen molar-refractivity contribution in [2.75, 3.05) is 10.0 Å². The fraction of sp³-hybridized carbons (Fsp3) is 0.190. The predicted molar refractivity (Wildman–Crippen MR) is 146 cm³/mol. The molecular weight excluding hydrogens is 661 g/mol. The number of amides is 1. The molecule has 0 saturated carbocycles. The Morgan fingerprint density at radius 1 is 0.721 bits per heavy atom. The van der Waals surface area contributed by atoms with Gasteiger partial charge in [-0.3, -0.25) is 23.0 Å². The molecule has 0 aliphatic carbocycles. The standard InChI is InChI=1S/C21H20N4O14S4/c1-10-14(20(26)24(22-10)16-7-12(40(28,29)30)3-5-18(16)42(34,35)36)9-15-11(2)23-25(21(15)27)17-8-13(41(31,32)33)4-6-19(17)43(37,38)39/h3-9,14,20,26H,1-2H3,(H,28,29,30)(H,31,32,33)(H,34,35,36)(H,37,38,39). The van der Waals surface area contributed by atoms with E-state index in [4.69, 9.17) is 0 Å². The lowest BCUT2D eigenvalue weighted by molar-refractivity contribution is -0.114. The van der Waals surface area contributed by atoms with Crippen LogP contribution in [0.1, 0.15) is 13.8 Å². The summed E-state index contributed by atoms with van der Waals surface area (Å²) in [7, 11) is -19.9. The second kappa shape index (κ2) is 10.5. The van der Waals surface area contributed by atoms with E-state index in [9.17, 15) is 61.8 Å². The topological polar surface area (TPSA) is 286 Å². The van der Waals surface area contributed by atoms with Gasteiger partial charge < -0.3 is 5.11 Å². The van der Waals surface area contributed by atoms with E-state index < -0.39 is 89.5 Å². The predicted octanol–water partition coefficient (Wildman–Crippen LogP) is 0.153. The summed E-state index contributed by atoms with van der Waals surface area (Å²) in [6.07, 6.45) is -0.750. The number of hydrogen-bond acceptors (Lipinski definition) is 13. The van der Waals surface area contributed by atoms with Crippen LogP contribution in [0.4, 0.5) is 11.4 Å². The third-order valence-electron chi connectivity index (χ3n) is 6.22. The summed E-state index contributed by atoms with van der Waals surface area (Å²) in [6, 6.07) is 3.83. The second-order valence-corrected chi connectivity index (χ2v) is 14.7. The van der Waals surface area contributed by atoms with Gasteiger partial charge in [-0.25, -0.2) is 5.01 Å². The van der Waals surface area contributed by atoms with E-state index in [0.29, 0.717) is 46.4 Å². The van der Waals surface area contributed by atoms with Gasteiger partial charge in [0.2, 0.25) is 0 Å². The lowest BCUT2D eigenvalue weighted by atomic mass is 9.98. The van der Waals surface area contributed by atoms with Gasteiger partial charge in [0.1, 0.15) is 9.79 Å². The maximum Gasteiger partial charge on any atom is 0.296 e. The van der Waals surface area contributed by atoms with E-state index in [1.54, 1.807) is 0 Å². The van der Waals surface area contributed by atoms with Gasteiger partial charge in [-0.1, -0.05) is 6.08 Å². The van der Waals surface area contributed by atoms with Gasteiger partial charge in [-0.05, 0) is 50.2 Å². The summed E-state index contributed by atoms with van der Waals surface area (Å²) < 4.78 is 132. The average molecular weight is 681 g/mol. The number of carbonyl (C=O) groups excluding carboxylic acids is 1. The first-order valence-electron chi connectivity index (χ1n) is 11.3. The van der Waals surface area contributed by atoms with Gasteiger partial charge in [-0.2, -0.15) is 48.9 Å². The van der Waals surface area contributed by atoms with Crippen LogP contribution in [0, 0.1) is 5.92 Å². The molecule has 18 nitrogen and oxygen atoms in total. The monoisotopic (exact) mass is 680 g/mol. The van der Waals surface area contributed by atoms with Crippen LogP contribution in [0.5, 0.6) is 0 Å². The molecule has 0 spiro atoms. The van der Waals surface area contributed by atoms with Gasteiger partial charge >= 0.3 is 0 Å². The zero-order valence-corrected chi connectivity index (χ0v) is 24.8. The van der Waals surface area contributed by atoms with Crippen molar-refractivity contribution in [3.63, 3.8) is 0 Å². The first-order chi connectivity index (χ1) is 19.5. The fourth-order valence-corrected chi connectivity index (χ4v) is 6.52. The van der Waals surface area contributed by atoms with Crippen molar-refractivity contribution in [1.82, 2.24) is 0 Å². The minimum absolute atomic E-state index is 0.0181. The third kappa shape index (κ3) is 6.22. The number of hydrogen-bond donors (Lipinski definition) is 5. The molecule has 0 fully saturated rings. The molecule has 2 aliphatic heterocycles. The minimum Gasteiger partial charge on any atom is -0.371 e. The molecule has 2 atom stereocenters. The van der Waals surface area contributed by atoms with Crippen molar-refractivity contribution in [2.45, 2.75) is 39.7 Å². The van der Waals surface area contributed by atoms with Crippen molar-refractivity contribution in [3.8, 4) is 0 Å². The zero-order chi connectivity index (χ0) is 32.4. The van der Waals surface area contributed by atoms with Crippen LogP contribution in [0.3, 0.4) is 0 Å². The zero-order valence-electron chi connectivity index (χ0n) is 21.5. The highest BCUT2D eigenvalue weighted by Crippen LogP contribution is 2.37. The smallest absolute Gasteiger partial charge is 0.296 e.